The minimum atomic E-state index is -0.430. The van der Waals surface area contributed by atoms with Crippen LogP contribution in [0.15, 0.2) is 62.8 Å². The van der Waals surface area contributed by atoms with Crippen LogP contribution in [0.3, 0.4) is 0 Å². The lowest BCUT2D eigenvalue weighted by molar-refractivity contribution is 0.352. The molecule has 2 heterocycles. The lowest BCUT2D eigenvalue weighted by atomic mass is 10.1. The highest BCUT2D eigenvalue weighted by atomic mass is 35.5. The molecule has 7 nitrogen and oxygen atoms in total. The molecule has 2 aliphatic rings. The second-order valence-electron chi connectivity index (χ2n) is 6.64. The third-order valence-electron chi connectivity index (χ3n) is 4.46. The zero-order chi connectivity index (χ0) is 22.7. The first-order chi connectivity index (χ1) is 15.4. The largest absolute Gasteiger partial charge is 0.488 e. The summed E-state index contributed by atoms with van der Waals surface area (Å²) in [6.45, 7) is 0.309. The summed E-state index contributed by atoms with van der Waals surface area (Å²) < 4.78 is 38.0. The van der Waals surface area contributed by atoms with Gasteiger partial charge in [-0.2, -0.15) is 10.2 Å². The number of benzene rings is 2. The molecule has 172 valence electrons. The van der Waals surface area contributed by atoms with Crippen molar-refractivity contribution in [2.24, 2.45) is 21.0 Å². The number of ether oxygens (including phenoxy) is 2. The Morgan fingerprint density at radius 2 is 1.42 bits per heavy atom. The second kappa shape index (κ2) is 10.7. The van der Waals surface area contributed by atoms with Crippen LogP contribution < -0.4 is 20.6 Å². The Labute approximate surface area is 203 Å². The molecule has 33 heavy (non-hydrogen) atoms. The highest BCUT2D eigenvalue weighted by Crippen LogP contribution is 2.36. The number of guanidine groups is 1. The van der Waals surface area contributed by atoms with Gasteiger partial charge in [0, 0.05) is 22.3 Å². The molecule has 2 aliphatic heterocycles. The van der Waals surface area contributed by atoms with Crippen molar-refractivity contribution in [3.8, 4) is 11.5 Å². The molecule has 2 aromatic carbocycles. The molecule has 0 saturated carbocycles. The maximum Gasteiger partial charge on any atom is 0.234 e. The van der Waals surface area contributed by atoms with Gasteiger partial charge in [0.05, 0.1) is 22.5 Å². The minimum Gasteiger partial charge on any atom is -0.488 e. The van der Waals surface area contributed by atoms with E-state index in [-0.39, 0.29) is 31.6 Å². The van der Waals surface area contributed by atoms with Gasteiger partial charge >= 0.3 is 0 Å². The highest BCUT2D eigenvalue weighted by molar-refractivity contribution is 6.51. The van der Waals surface area contributed by atoms with Gasteiger partial charge in [0.2, 0.25) is 5.96 Å². The van der Waals surface area contributed by atoms with E-state index in [2.05, 4.69) is 20.7 Å². The maximum atomic E-state index is 13.5. The van der Waals surface area contributed by atoms with Crippen LogP contribution in [0.1, 0.15) is 11.1 Å². The molecule has 0 bridgehead atoms. The number of hydrogen-bond donors (Lipinski definition) is 2. The third-order valence-corrected chi connectivity index (χ3v) is 5.36. The number of nitrogens with one attached hydrogen (secondary N) is 1. The van der Waals surface area contributed by atoms with Crippen molar-refractivity contribution in [3.63, 3.8) is 0 Å². The summed E-state index contributed by atoms with van der Waals surface area (Å²) in [5.74, 6) is 0.000281. The van der Waals surface area contributed by atoms with Crippen LogP contribution in [0.4, 0.5) is 8.78 Å². The summed E-state index contributed by atoms with van der Waals surface area (Å²) in [6, 6.07) is 8.16. The predicted molar refractivity (Wildman–Crippen MR) is 128 cm³/mol. The molecule has 0 saturated heterocycles. The van der Waals surface area contributed by atoms with Crippen molar-refractivity contribution in [1.82, 2.24) is 5.43 Å². The van der Waals surface area contributed by atoms with Crippen LogP contribution in [-0.4, -0.2) is 31.6 Å². The monoisotopic (exact) mass is 513 g/mol. The summed E-state index contributed by atoms with van der Waals surface area (Å²) in [5, 5.41) is 12.2. The quantitative estimate of drug-likeness (QED) is 0.353. The average molecular weight is 515 g/mol. The molecule has 12 heteroatoms. The number of hydrazone groups is 1. The van der Waals surface area contributed by atoms with Gasteiger partial charge in [0.25, 0.3) is 0 Å². The summed E-state index contributed by atoms with van der Waals surface area (Å²) in [4.78, 5) is 0. The Kier molecular flexibility index (Phi) is 7.91. The highest BCUT2D eigenvalue weighted by Gasteiger charge is 2.19. The van der Waals surface area contributed by atoms with Crippen LogP contribution in [0.5, 0.6) is 11.5 Å². The zero-order valence-electron chi connectivity index (χ0n) is 16.7. The van der Waals surface area contributed by atoms with E-state index in [4.69, 9.17) is 38.4 Å². The summed E-state index contributed by atoms with van der Waals surface area (Å²) >= 11 is 12.6. The van der Waals surface area contributed by atoms with Crippen molar-refractivity contribution >= 4 is 64.1 Å². The van der Waals surface area contributed by atoms with Crippen LogP contribution >= 0.6 is 35.6 Å². The van der Waals surface area contributed by atoms with Gasteiger partial charge in [0.15, 0.2) is 0 Å². The fourth-order valence-corrected chi connectivity index (χ4v) is 3.43. The fourth-order valence-electron chi connectivity index (χ4n) is 2.93. The fraction of sp³-hybridized carbons (Fsp3) is 0.0952. The van der Waals surface area contributed by atoms with Gasteiger partial charge in [-0.05, 0) is 36.4 Å². The first-order valence-electron chi connectivity index (χ1n) is 9.20. The van der Waals surface area contributed by atoms with Gasteiger partial charge < -0.3 is 15.2 Å². The molecule has 0 spiro atoms. The predicted octanol–water partition coefficient (Wildman–Crippen LogP) is 4.65. The molecule has 3 N–H and O–H groups in total. The van der Waals surface area contributed by atoms with E-state index >= 15 is 0 Å². The molecule has 0 radical (unpaired) electrons. The number of rotatable bonds is 4. The van der Waals surface area contributed by atoms with E-state index in [0.29, 0.717) is 43.8 Å². The topological polar surface area (TPSA) is 93.6 Å². The van der Waals surface area contributed by atoms with E-state index in [9.17, 15) is 8.78 Å². The minimum absolute atomic E-state index is 0. The number of fused-ring (bicyclic) bond motifs is 2. The smallest absolute Gasteiger partial charge is 0.234 e. The van der Waals surface area contributed by atoms with Gasteiger partial charge in [-0.1, -0.05) is 23.2 Å². The van der Waals surface area contributed by atoms with Crippen LogP contribution in [0, 0.1) is 11.6 Å². The van der Waals surface area contributed by atoms with Crippen LogP contribution in [0.25, 0.3) is 10.1 Å². The van der Waals surface area contributed by atoms with E-state index in [1.165, 1.54) is 48.8 Å². The molecule has 4 rings (SSSR count). The number of halogens is 5. The number of nitrogens with zero attached hydrogens (tertiary/aromatic N) is 3. The molecule has 0 aliphatic carbocycles. The van der Waals surface area contributed by atoms with E-state index in [1.54, 1.807) is 0 Å². The van der Waals surface area contributed by atoms with Crippen molar-refractivity contribution < 1.29 is 18.3 Å². The van der Waals surface area contributed by atoms with Gasteiger partial charge in [0.1, 0.15) is 36.3 Å². The lowest BCUT2D eigenvalue weighted by Gasteiger charge is -2.18. The van der Waals surface area contributed by atoms with Crippen LogP contribution in [0.2, 0.25) is 0 Å². The Morgan fingerprint density at radius 1 is 0.909 bits per heavy atom. The molecule has 0 fully saturated rings. The lowest BCUT2D eigenvalue weighted by Crippen LogP contribution is -2.27. The zero-order valence-corrected chi connectivity index (χ0v) is 19.0. The Hall–Kier alpha value is -3.14. The molecule has 0 aromatic heterocycles. The number of nitrogens with two attached hydrogens (primary N) is 1. The average Bonchev–Trinajstić information content (AvgIpc) is 2.77. The first kappa shape index (κ1) is 24.5. The Bertz CT molecular complexity index is 1230. The molecule has 0 unspecified atom stereocenters. The van der Waals surface area contributed by atoms with Crippen LogP contribution in [-0.2, 0) is 0 Å². The van der Waals surface area contributed by atoms with Gasteiger partial charge in [-0.15, -0.1) is 17.5 Å². The van der Waals surface area contributed by atoms with Gasteiger partial charge in [-0.25, -0.2) is 14.2 Å². The third kappa shape index (κ3) is 5.62. The summed E-state index contributed by atoms with van der Waals surface area (Å²) in [6.07, 6.45) is 2.75. The maximum absolute atomic E-state index is 13.5. The second-order valence-corrected chi connectivity index (χ2v) is 7.39. The van der Waals surface area contributed by atoms with Crippen molar-refractivity contribution in [3.05, 3.63) is 70.3 Å². The van der Waals surface area contributed by atoms with E-state index in [1.807, 2.05) is 0 Å². The van der Waals surface area contributed by atoms with Gasteiger partial charge in [-0.3, -0.25) is 0 Å². The molecule has 0 amide bonds. The van der Waals surface area contributed by atoms with E-state index < -0.39 is 11.6 Å². The number of hydrogen-bond acceptors (Lipinski definition) is 5. The normalized spacial score (nSPS) is 15.7. The van der Waals surface area contributed by atoms with Crippen molar-refractivity contribution in [2.75, 3.05) is 13.2 Å². The summed E-state index contributed by atoms with van der Waals surface area (Å²) in [7, 11) is 0. The molecular formula is C21H16Cl3F2N5O2. The Morgan fingerprint density at radius 3 is 1.97 bits per heavy atom. The van der Waals surface area contributed by atoms with Crippen molar-refractivity contribution in [1.29, 1.82) is 0 Å². The van der Waals surface area contributed by atoms with E-state index in [0.717, 1.165) is 0 Å². The Balaban J connectivity index is 0.00000306. The molecule has 2 aromatic rings. The van der Waals surface area contributed by atoms with Crippen molar-refractivity contribution in [2.45, 2.75) is 0 Å². The standard InChI is InChI=1S/C21H15Cl2F2N5O2.ClH/c22-19-11(9-31-17-3-1-13(24)5-15(17)19)7-27-29-21(26)30-28-8-12-10-32-18-4-2-14(25)6-16(18)20(12)23;/h1-8H,9-10H2,(H3,26,29,30);1H/b27-7+,28-8+;. The molecular weight excluding hydrogens is 499 g/mol. The first-order valence-corrected chi connectivity index (χ1v) is 9.96. The SMILES string of the molecule is Cl.N/C(=N\N=C\C1=C(Cl)c2cc(F)ccc2OC1)N/N=C/C1=C(Cl)c2cc(F)ccc2OC1. The summed E-state index contributed by atoms with van der Waals surface area (Å²) in [5.41, 5.74) is 10.1. The molecule has 0 atom stereocenters.